The Morgan fingerprint density at radius 2 is 2.00 bits per heavy atom. The SMILES string of the molecule is COc1c(C#Cc2cnn(C)c2NC(=O)OCc2ccccc2)sc2cc(C3(C(=O)O)CC3)sc12. The smallest absolute Gasteiger partial charge is 0.413 e. The van der Waals surface area contributed by atoms with Crippen molar-refractivity contribution in [3.05, 3.63) is 63.5 Å². The van der Waals surface area contributed by atoms with Gasteiger partial charge in [-0.05, 0) is 30.4 Å². The van der Waals surface area contributed by atoms with Gasteiger partial charge in [0.25, 0.3) is 0 Å². The number of nitrogens with zero attached hydrogens (tertiary/aromatic N) is 2. The molecule has 0 unspecified atom stereocenters. The Balaban J connectivity index is 1.36. The molecular formula is C25H21N3O5S2. The summed E-state index contributed by atoms with van der Waals surface area (Å²) in [6, 6.07) is 11.4. The van der Waals surface area contributed by atoms with Crippen LogP contribution in [0.25, 0.3) is 9.40 Å². The lowest BCUT2D eigenvalue weighted by atomic mass is 10.1. The first-order valence-corrected chi connectivity index (χ1v) is 12.4. The first-order chi connectivity index (χ1) is 16.9. The lowest BCUT2D eigenvalue weighted by molar-refractivity contribution is -0.139. The van der Waals surface area contributed by atoms with Crippen LogP contribution in [-0.2, 0) is 28.6 Å². The first-order valence-electron chi connectivity index (χ1n) is 10.8. The average Bonchev–Trinajstić information content (AvgIpc) is 3.32. The van der Waals surface area contributed by atoms with Gasteiger partial charge in [0.15, 0.2) is 5.75 Å². The minimum absolute atomic E-state index is 0.153. The van der Waals surface area contributed by atoms with Crippen LogP contribution in [0, 0.1) is 11.8 Å². The second-order valence-electron chi connectivity index (χ2n) is 8.12. The zero-order chi connectivity index (χ0) is 24.6. The summed E-state index contributed by atoms with van der Waals surface area (Å²) in [5.41, 5.74) is 0.675. The van der Waals surface area contributed by atoms with Crippen molar-refractivity contribution < 1.29 is 24.2 Å². The fourth-order valence-corrected chi connectivity index (χ4v) is 6.39. The Kier molecular flexibility index (Phi) is 5.96. The van der Waals surface area contributed by atoms with Gasteiger partial charge in [-0.15, -0.1) is 22.7 Å². The predicted octanol–water partition coefficient (Wildman–Crippen LogP) is 4.97. The number of aryl methyl sites for hydroxylation is 1. The third kappa shape index (κ3) is 4.36. The van der Waals surface area contributed by atoms with Gasteiger partial charge in [-0.2, -0.15) is 5.10 Å². The van der Waals surface area contributed by atoms with E-state index in [1.165, 1.54) is 27.4 Å². The van der Waals surface area contributed by atoms with Crippen LogP contribution in [0.15, 0.2) is 42.6 Å². The summed E-state index contributed by atoms with van der Waals surface area (Å²) in [5, 5.41) is 16.5. The molecule has 0 radical (unpaired) electrons. The number of hydrogen-bond donors (Lipinski definition) is 2. The number of carbonyl (C=O) groups excluding carboxylic acids is 1. The third-order valence-electron chi connectivity index (χ3n) is 5.84. The number of ether oxygens (including phenoxy) is 2. The number of rotatable bonds is 6. The highest BCUT2D eigenvalue weighted by Gasteiger charge is 2.53. The molecule has 3 heterocycles. The van der Waals surface area contributed by atoms with Crippen LogP contribution in [-0.4, -0.2) is 34.1 Å². The quantitative estimate of drug-likeness (QED) is 0.357. The third-order valence-corrected chi connectivity index (χ3v) is 8.34. The zero-order valence-corrected chi connectivity index (χ0v) is 20.6. The molecule has 8 nitrogen and oxygen atoms in total. The van der Waals surface area contributed by atoms with E-state index in [0.29, 0.717) is 30.0 Å². The number of carboxylic acids is 1. The Labute approximate surface area is 209 Å². The van der Waals surface area contributed by atoms with Crippen LogP contribution in [0.1, 0.15) is 33.7 Å². The summed E-state index contributed by atoms with van der Waals surface area (Å²) >= 11 is 2.91. The molecule has 3 aromatic heterocycles. The van der Waals surface area contributed by atoms with Gasteiger partial charge in [0, 0.05) is 11.9 Å². The summed E-state index contributed by atoms with van der Waals surface area (Å²) in [6.45, 7) is 0.153. The number of hydrogen-bond acceptors (Lipinski definition) is 7. The van der Waals surface area contributed by atoms with Crippen molar-refractivity contribution in [2.45, 2.75) is 24.9 Å². The maximum atomic E-state index is 12.3. The van der Waals surface area contributed by atoms with E-state index in [9.17, 15) is 14.7 Å². The molecule has 1 aliphatic rings. The fourth-order valence-electron chi connectivity index (χ4n) is 3.72. The lowest BCUT2D eigenvalue weighted by Crippen LogP contribution is -2.17. The molecule has 178 valence electrons. The van der Waals surface area contributed by atoms with Gasteiger partial charge in [-0.1, -0.05) is 36.3 Å². The van der Waals surface area contributed by atoms with E-state index in [1.807, 2.05) is 36.4 Å². The molecule has 1 aromatic carbocycles. The highest BCUT2D eigenvalue weighted by atomic mass is 32.1. The van der Waals surface area contributed by atoms with E-state index in [0.717, 1.165) is 24.7 Å². The van der Waals surface area contributed by atoms with Crippen LogP contribution >= 0.6 is 22.7 Å². The Hall–Kier alpha value is -3.81. The Morgan fingerprint density at radius 3 is 2.69 bits per heavy atom. The minimum atomic E-state index is -0.774. The van der Waals surface area contributed by atoms with Crippen molar-refractivity contribution in [2.75, 3.05) is 12.4 Å². The highest BCUT2D eigenvalue weighted by Crippen LogP contribution is 2.54. The van der Waals surface area contributed by atoms with E-state index in [4.69, 9.17) is 9.47 Å². The number of fused-ring (bicyclic) bond motifs is 1. The van der Waals surface area contributed by atoms with Crippen molar-refractivity contribution in [3.8, 4) is 17.6 Å². The summed E-state index contributed by atoms with van der Waals surface area (Å²) in [5.74, 6) is 6.48. The largest absolute Gasteiger partial charge is 0.493 e. The standard InChI is InChI=1S/C25H21N3O5S2/c1-28-22(27-24(31)33-14-15-6-4-3-5-7-15)16(13-26-28)8-9-17-20(32-2)21-18(34-17)12-19(35-21)25(10-11-25)23(29)30/h3-7,12-13H,10-11,14H2,1-2H3,(H,27,31)(H,29,30). The molecule has 35 heavy (non-hydrogen) atoms. The fraction of sp³-hybridized carbons (Fsp3) is 0.240. The molecule has 0 bridgehead atoms. The molecule has 5 rings (SSSR count). The van der Waals surface area contributed by atoms with Crippen molar-refractivity contribution in [3.63, 3.8) is 0 Å². The molecule has 1 aliphatic carbocycles. The van der Waals surface area contributed by atoms with Crippen LogP contribution in [0.5, 0.6) is 5.75 Å². The van der Waals surface area contributed by atoms with Gasteiger partial charge >= 0.3 is 12.1 Å². The van der Waals surface area contributed by atoms with Crippen molar-refractivity contribution in [1.29, 1.82) is 0 Å². The van der Waals surface area contributed by atoms with Gasteiger partial charge in [0.1, 0.15) is 22.7 Å². The molecule has 2 N–H and O–H groups in total. The second kappa shape index (κ2) is 9.09. The number of aromatic nitrogens is 2. The van der Waals surface area contributed by atoms with Gasteiger partial charge in [0.05, 0.1) is 28.3 Å². The molecule has 1 saturated carbocycles. The Bertz CT molecular complexity index is 1490. The number of benzene rings is 1. The molecular weight excluding hydrogens is 486 g/mol. The molecule has 0 atom stereocenters. The molecule has 0 saturated heterocycles. The summed E-state index contributed by atoms with van der Waals surface area (Å²) in [6.07, 6.45) is 2.30. The maximum Gasteiger partial charge on any atom is 0.413 e. The number of carboxylic acid groups (broad SMARTS) is 1. The van der Waals surface area contributed by atoms with E-state index < -0.39 is 17.5 Å². The predicted molar refractivity (Wildman–Crippen MR) is 134 cm³/mol. The zero-order valence-electron chi connectivity index (χ0n) is 19.0. The van der Waals surface area contributed by atoms with Crippen LogP contribution < -0.4 is 10.1 Å². The monoisotopic (exact) mass is 507 g/mol. The molecule has 0 spiro atoms. The summed E-state index contributed by atoms with van der Waals surface area (Å²) < 4.78 is 14.3. The molecule has 4 aromatic rings. The molecule has 10 heteroatoms. The molecule has 1 amide bonds. The van der Waals surface area contributed by atoms with Gasteiger partial charge in [0.2, 0.25) is 0 Å². The van der Waals surface area contributed by atoms with Gasteiger partial charge in [-0.3, -0.25) is 14.8 Å². The van der Waals surface area contributed by atoms with E-state index >= 15 is 0 Å². The molecule has 1 fully saturated rings. The van der Waals surface area contributed by atoms with Crippen molar-refractivity contribution in [1.82, 2.24) is 9.78 Å². The number of methoxy groups -OCH3 is 1. The summed E-state index contributed by atoms with van der Waals surface area (Å²) in [7, 11) is 3.29. The maximum absolute atomic E-state index is 12.3. The van der Waals surface area contributed by atoms with Gasteiger partial charge in [-0.25, -0.2) is 4.79 Å². The van der Waals surface area contributed by atoms with Crippen LogP contribution in [0.3, 0.4) is 0 Å². The number of thiophene rings is 2. The first kappa shape index (κ1) is 23.0. The minimum Gasteiger partial charge on any atom is -0.493 e. The van der Waals surface area contributed by atoms with E-state index in [1.54, 1.807) is 20.4 Å². The lowest BCUT2D eigenvalue weighted by Gasteiger charge is -2.07. The summed E-state index contributed by atoms with van der Waals surface area (Å²) in [4.78, 5) is 25.6. The normalized spacial score (nSPS) is 13.7. The van der Waals surface area contributed by atoms with Crippen LogP contribution in [0.4, 0.5) is 10.6 Å². The number of aliphatic carboxylic acids is 1. The van der Waals surface area contributed by atoms with Gasteiger partial charge < -0.3 is 14.6 Å². The van der Waals surface area contributed by atoms with E-state index in [-0.39, 0.29) is 6.61 Å². The van der Waals surface area contributed by atoms with E-state index in [2.05, 4.69) is 22.3 Å². The average molecular weight is 508 g/mol. The Morgan fingerprint density at radius 1 is 1.23 bits per heavy atom. The molecule has 0 aliphatic heterocycles. The number of anilines is 1. The number of nitrogens with one attached hydrogen (secondary N) is 1. The second-order valence-corrected chi connectivity index (χ2v) is 10.2. The van der Waals surface area contributed by atoms with Crippen molar-refractivity contribution >= 4 is 50.0 Å². The van der Waals surface area contributed by atoms with Crippen LogP contribution in [0.2, 0.25) is 0 Å². The topological polar surface area (TPSA) is 103 Å². The highest BCUT2D eigenvalue weighted by molar-refractivity contribution is 7.28. The number of carbonyl (C=O) groups is 2. The number of amides is 1. The van der Waals surface area contributed by atoms with Crippen molar-refractivity contribution in [2.24, 2.45) is 7.05 Å².